The molecule has 9 heteroatoms. The van der Waals surface area contributed by atoms with Crippen molar-refractivity contribution in [2.75, 3.05) is 5.32 Å². The molecular weight excluding hydrogens is 298 g/mol. The van der Waals surface area contributed by atoms with Crippen LogP contribution in [0.15, 0.2) is 30.6 Å². The van der Waals surface area contributed by atoms with Gasteiger partial charge in [0.15, 0.2) is 0 Å². The molecule has 7 nitrogen and oxygen atoms in total. The molecular formula is C13H12F2N4O3. The third kappa shape index (κ3) is 3.62. The van der Waals surface area contributed by atoms with E-state index in [-0.39, 0.29) is 17.9 Å². The van der Waals surface area contributed by atoms with E-state index in [1.165, 1.54) is 10.9 Å². The van der Waals surface area contributed by atoms with Crippen LogP contribution in [0.1, 0.15) is 6.92 Å². The van der Waals surface area contributed by atoms with Crippen molar-refractivity contribution in [2.45, 2.75) is 13.5 Å². The quantitative estimate of drug-likeness (QED) is 0.678. The fourth-order valence-corrected chi connectivity index (χ4v) is 1.76. The van der Waals surface area contributed by atoms with Crippen LogP contribution in [0.4, 0.5) is 20.2 Å². The Morgan fingerprint density at radius 1 is 1.50 bits per heavy atom. The maximum atomic E-state index is 13.4. The molecule has 1 amide bonds. The van der Waals surface area contributed by atoms with Gasteiger partial charge < -0.3 is 5.32 Å². The van der Waals surface area contributed by atoms with Gasteiger partial charge in [-0.05, 0) is 12.1 Å². The van der Waals surface area contributed by atoms with Gasteiger partial charge in [0.25, 0.3) is 0 Å². The summed E-state index contributed by atoms with van der Waals surface area (Å²) >= 11 is 0. The van der Waals surface area contributed by atoms with E-state index < -0.39 is 28.4 Å². The number of amides is 1. The standard InChI is InChI=1S/C13H12F2N4O3/c1-8(6-18-7-10(5-16-18)19(21)22)13(20)17-12-4-9(14)2-3-11(12)15/h2-5,7-8H,6H2,1H3,(H,17,20). The molecule has 0 saturated carbocycles. The fraction of sp³-hybridized carbons (Fsp3) is 0.231. The second-order valence-electron chi connectivity index (χ2n) is 4.69. The van der Waals surface area contributed by atoms with Crippen molar-refractivity contribution in [3.05, 3.63) is 52.3 Å². The lowest BCUT2D eigenvalue weighted by atomic mass is 10.1. The number of anilines is 1. The van der Waals surface area contributed by atoms with Crippen LogP contribution in [0.2, 0.25) is 0 Å². The first-order chi connectivity index (χ1) is 10.4. The predicted molar refractivity (Wildman–Crippen MR) is 73.0 cm³/mol. The van der Waals surface area contributed by atoms with Gasteiger partial charge in [-0.25, -0.2) is 8.78 Å². The molecule has 22 heavy (non-hydrogen) atoms. The van der Waals surface area contributed by atoms with E-state index in [0.717, 1.165) is 24.4 Å². The van der Waals surface area contributed by atoms with Gasteiger partial charge in [0.2, 0.25) is 5.91 Å². The van der Waals surface area contributed by atoms with Crippen LogP contribution in [0.5, 0.6) is 0 Å². The Kier molecular flexibility index (Phi) is 4.44. The van der Waals surface area contributed by atoms with Gasteiger partial charge >= 0.3 is 5.69 Å². The smallest absolute Gasteiger partial charge is 0.306 e. The number of carbonyl (C=O) groups is 1. The van der Waals surface area contributed by atoms with Gasteiger partial charge in [-0.3, -0.25) is 19.6 Å². The molecule has 1 unspecified atom stereocenters. The van der Waals surface area contributed by atoms with Crippen LogP contribution >= 0.6 is 0 Å². The zero-order valence-electron chi connectivity index (χ0n) is 11.5. The number of aromatic nitrogens is 2. The maximum Gasteiger partial charge on any atom is 0.306 e. The first kappa shape index (κ1) is 15.5. The van der Waals surface area contributed by atoms with Gasteiger partial charge in [0.05, 0.1) is 23.1 Å². The second kappa shape index (κ2) is 6.29. The highest BCUT2D eigenvalue weighted by atomic mass is 19.1. The van der Waals surface area contributed by atoms with Gasteiger partial charge in [0.1, 0.15) is 24.0 Å². The molecule has 1 aromatic heterocycles. The van der Waals surface area contributed by atoms with Gasteiger partial charge in [0, 0.05) is 6.07 Å². The third-order valence-corrected chi connectivity index (χ3v) is 2.93. The largest absolute Gasteiger partial charge is 0.323 e. The summed E-state index contributed by atoms with van der Waals surface area (Å²) in [5.41, 5.74) is -0.452. The topological polar surface area (TPSA) is 90.1 Å². The van der Waals surface area contributed by atoms with Crippen LogP contribution in [0.25, 0.3) is 0 Å². The summed E-state index contributed by atoms with van der Waals surface area (Å²) in [6.45, 7) is 1.61. The van der Waals surface area contributed by atoms with E-state index in [1.54, 1.807) is 6.92 Å². The number of halogens is 2. The normalized spacial score (nSPS) is 12.0. The first-order valence-electron chi connectivity index (χ1n) is 6.29. The minimum absolute atomic E-state index is 0.0661. The van der Waals surface area contributed by atoms with Crippen molar-refractivity contribution < 1.29 is 18.5 Å². The van der Waals surface area contributed by atoms with Crippen molar-refractivity contribution in [2.24, 2.45) is 5.92 Å². The lowest BCUT2D eigenvalue weighted by Crippen LogP contribution is -2.25. The van der Waals surface area contributed by atoms with Crippen molar-refractivity contribution in [3.63, 3.8) is 0 Å². The molecule has 1 aromatic carbocycles. The van der Waals surface area contributed by atoms with Crippen molar-refractivity contribution in [1.29, 1.82) is 0 Å². The molecule has 2 rings (SSSR count). The molecule has 116 valence electrons. The predicted octanol–water partition coefficient (Wildman–Crippen LogP) is 2.34. The molecule has 2 aromatic rings. The van der Waals surface area contributed by atoms with E-state index in [4.69, 9.17) is 0 Å². The SMILES string of the molecule is CC(Cn1cc([N+](=O)[O-])cn1)C(=O)Nc1cc(F)ccc1F. The average molecular weight is 310 g/mol. The molecule has 0 aliphatic heterocycles. The van der Waals surface area contributed by atoms with Crippen LogP contribution in [-0.4, -0.2) is 20.6 Å². The molecule has 0 fully saturated rings. The number of nitrogens with one attached hydrogen (secondary N) is 1. The summed E-state index contributed by atoms with van der Waals surface area (Å²) in [5.74, 6) is -2.63. The molecule has 1 N–H and O–H groups in total. The molecule has 0 bridgehead atoms. The highest BCUT2D eigenvalue weighted by Gasteiger charge is 2.18. The van der Waals surface area contributed by atoms with Crippen LogP contribution in [0.3, 0.4) is 0 Å². The van der Waals surface area contributed by atoms with Gasteiger partial charge in [-0.1, -0.05) is 6.92 Å². The number of hydrogen-bond acceptors (Lipinski definition) is 4. The zero-order valence-corrected chi connectivity index (χ0v) is 11.5. The fourth-order valence-electron chi connectivity index (χ4n) is 1.76. The Morgan fingerprint density at radius 2 is 2.23 bits per heavy atom. The highest BCUT2D eigenvalue weighted by molar-refractivity contribution is 5.92. The monoisotopic (exact) mass is 310 g/mol. The Labute approximate surface area is 123 Å². The van der Waals surface area contributed by atoms with E-state index in [1.807, 2.05) is 0 Å². The molecule has 1 heterocycles. The summed E-state index contributed by atoms with van der Waals surface area (Å²) in [6, 6.07) is 2.72. The van der Waals surface area contributed by atoms with E-state index in [9.17, 15) is 23.7 Å². The summed E-state index contributed by atoms with van der Waals surface area (Å²) in [5, 5.41) is 16.6. The zero-order chi connectivity index (χ0) is 16.3. The number of rotatable bonds is 5. The second-order valence-corrected chi connectivity index (χ2v) is 4.69. The summed E-state index contributed by atoms with van der Waals surface area (Å²) in [4.78, 5) is 21.9. The van der Waals surface area contributed by atoms with Gasteiger partial charge in [-0.15, -0.1) is 0 Å². The average Bonchev–Trinajstić information content (AvgIpc) is 2.91. The van der Waals surface area contributed by atoms with Crippen molar-refractivity contribution >= 4 is 17.3 Å². The molecule has 1 atom stereocenters. The molecule has 0 spiro atoms. The number of carbonyl (C=O) groups excluding carboxylic acids is 1. The van der Waals surface area contributed by atoms with E-state index >= 15 is 0 Å². The lowest BCUT2D eigenvalue weighted by molar-refractivity contribution is -0.385. The van der Waals surface area contributed by atoms with Crippen LogP contribution in [0, 0.1) is 27.7 Å². The maximum absolute atomic E-state index is 13.4. The van der Waals surface area contributed by atoms with Gasteiger partial charge in [-0.2, -0.15) is 5.10 Å². The minimum Gasteiger partial charge on any atom is -0.323 e. The van der Waals surface area contributed by atoms with Crippen molar-refractivity contribution in [3.8, 4) is 0 Å². The molecule has 0 radical (unpaired) electrons. The van der Waals surface area contributed by atoms with Crippen LogP contribution < -0.4 is 5.32 Å². The van der Waals surface area contributed by atoms with Crippen molar-refractivity contribution in [1.82, 2.24) is 9.78 Å². The molecule has 0 saturated heterocycles. The van der Waals surface area contributed by atoms with E-state index in [0.29, 0.717) is 0 Å². The molecule has 0 aliphatic rings. The summed E-state index contributed by atoms with van der Waals surface area (Å²) in [6.07, 6.45) is 2.25. The third-order valence-electron chi connectivity index (χ3n) is 2.93. The number of hydrogen-bond donors (Lipinski definition) is 1. The summed E-state index contributed by atoms with van der Waals surface area (Å²) in [7, 11) is 0. The number of nitrogens with zero attached hydrogens (tertiary/aromatic N) is 3. The number of benzene rings is 1. The minimum atomic E-state index is -0.753. The Morgan fingerprint density at radius 3 is 2.86 bits per heavy atom. The highest BCUT2D eigenvalue weighted by Crippen LogP contribution is 2.17. The van der Waals surface area contributed by atoms with Crippen LogP contribution in [-0.2, 0) is 11.3 Å². The Bertz CT molecular complexity index is 717. The lowest BCUT2D eigenvalue weighted by Gasteiger charge is -2.12. The molecule has 0 aliphatic carbocycles. The van der Waals surface area contributed by atoms with E-state index in [2.05, 4.69) is 10.4 Å². The Hall–Kier alpha value is -2.84. The first-order valence-corrected chi connectivity index (χ1v) is 6.29. The Balaban J connectivity index is 2.02. The summed E-state index contributed by atoms with van der Waals surface area (Å²) < 4.78 is 27.7. The number of nitro groups is 1.